The second-order valence-corrected chi connectivity index (χ2v) is 14.1. The lowest BCUT2D eigenvalue weighted by Crippen LogP contribution is -2.57. The third-order valence-corrected chi connectivity index (χ3v) is 8.97. The van der Waals surface area contributed by atoms with Crippen molar-refractivity contribution >= 4 is 37.3 Å². The number of ketones is 1. The van der Waals surface area contributed by atoms with Gasteiger partial charge in [0, 0.05) is 45.5 Å². The maximum Gasteiger partial charge on any atom is 0.471 e. The zero-order chi connectivity index (χ0) is 38.0. The molecule has 0 radical (unpaired) electrons. The highest BCUT2D eigenvalue weighted by molar-refractivity contribution is 7.46. The molecule has 1 aromatic rings. The summed E-state index contributed by atoms with van der Waals surface area (Å²) < 4.78 is 22.0. The minimum absolute atomic E-state index is 0.0101. The smallest absolute Gasteiger partial charge is 0.423 e. The SMILES string of the molecule is CCCCCC(=O)N(COP(=O)(O)O)C(Cc1ccc(OC(=O)C2=CN(C)C=CC2)cc1)C(=O)NC(C(=O)NCCCCCC(C)=O)C(C)CC. The summed E-state index contributed by atoms with van der Waals surface area (Å²) in [7, 11) is -3.24. The van der Waals surface area contributed by atoms with E-state index in [2.05, 4.69) is 10.6 Å². The molecule has 0 spiro atoms. The summed E-state index contributed by atoms with van der Waals surface area (Å²) in [5, 5.41) is 5.67. The summed E-state index contributed by atoms with van der Waals surface area (Å²) in [5.74, 6) is -2.10. The van der Waals surface area contributed by atoms with Crippen molar-refractivity contribution < 1.29 is 47.6 Å². The Hall–Kier alpha value is -3.84. The van der Waals surface area contributed by atoms with Gasteiger partial charge in [0.2, 0.25) is 17.7 Å². The zero-order valence-corrected chi connectivity index (χ0v) is 31.4. The lowest BCUT2D eigenvalue weighted by molar-refractivity contribution is -0.145. The number of carbonyl (C=O) groups is 5. The van der Waals surface area contributed by atoms with Crippen molar-refractivity contribution in [2.75, 3.05) is 20.3 Å². The number of phosphoric acid groups is 1. The van der Waals surface area contributed by atoms with E-state index in [9.17, 15) is 38.3 Å². The van der Waals surface area contributed by atoms with Crippen LogP contribution in [0.2, 0.25) is 0 Å². The molecule has 0 fully saturated rings. The lowest BCUT2D eigenvalue weighted by Gasteiger charge is -2.33. The van der Waals surface area contributed by atoms with Crippen LogP contribution in [0.15, 0.2) is 48.3 Å². The van der Waals surface area contributed by atoms with Crippen LogP contribution >= 0.6 is 7.82 Å². The molecular weight excluding hydrogens is 679 g/mol. The standard InChI is InChI=1S/C36H55N4O10P/c1-6-8-10-16-32(42)40(25-49-51(46,47)48)31(23-28-17-19-30(20-18-28)50-36(45)29-15-13-22-39(5)24-29)34(43)38-33(26(3)7-2)35(44)37-21-12-9-11-14-27(4)41/h13,17-20,22,24,26,31,33H,6-12,14-16,21,23,25H2,1-5H3,(H,37,44)(H,38,43)(H2,46,47,48). The van der Waals surface area contributed by atoms with Crippen LogP contribution in [0.5, 0.6) is 5.75 Å². The maximum absolute atomic E-state index is 14.1. The fourth-order valence-corrected chi connectivity index (χ4v) is 5.62. The molecule has 0 bridgehead atoms. The Morgan fingerprint density at radius 1 is 0.980 bits per heavy atom. The number of unbranched alkanes of at least 4 members (excludes halogenated alkanes) is 4. The van der Waals surface area contributed by atoms with Gasteiger partial charge in [-0.15, -0.1) is 0 Å². The third-order valence-electron chi connectivity index (χ3n) is 8.52. The molecule has 14 nitrogen and oxygen atoms in total. The number of nitrogens with one attached hydrogen (secondary N) is 2. The van der Waals surface area contributed by atoms with E-state index in [1.54, 1.807) is 42.4 Å². The molecular formula is C36H55N4O10P. The third kappa shape index (κ3) is 16.4. The monoisotopic (exact) mass is 734 g/mol. The van der Waals surface area contributed by atoms with Gasteiger partial charge in [-0.1, -0.05) is 64.7 Å². The number of phosphoric ester groups is 1. The Kier molecular flexibility index (Phi) is 18.8. The lowest BCUT2D eigenvalue weighted by atomic mass is 9.96. The van der Waals surface area contributed by atoms with Crippen molar-refractivity contribution in [3.8, 4) is 5.75 Å². The highest BCUT2D eigenvalue weighted by Crippen LogP contribution is 2.36. The molecule has 51 heavy (non-hydrogen) atoms. The van der Waals surface area contributed by atoms with E-state index in [-0.39, 0.29) is 30.3 Å². The number of benzene rings is 1. The first-order valence-corrected chi connectivity index (χ1v) is 19.2. The van der Waals surface area contributed by atoms with Crippen LogP contribution in [-0.4, -0.2) is 81.5 Å². The van der Waals surface area contributed by atoms with Gasteiger partial charge in [-0.25, -0.2) is 9.36 Å². The largest absolute Gasteiger partial charge is 0.471 e. The number of nitrogens with zero attached hydrogens (tertiary/aromatic N) is 2. The zero-order valence-electron chi connectivity index (χ0n) is 30.5. The van der Waals surface area contributed by atoms with E-state index in [1.165, 1.54) is 6.92 Å². The average molecular weight is 735 g/mol. The molecule has 1 aliphatic rings. The Bertz CT molecular complexity index is 1430. The van der Waals surface area contributed by atoms with Crippen LogP contribution in [0.25, 0.3) is 0 Å². The number of allylic oxidation sites excluding steroid dienone is 1. The van der Waals surface area contributed by atoms with Crippen molar-refractivity contribution in [1.82, 2.24) is 20.4 Å². The number of carbonyl (C=O) groups excluding carboxylic acids is 5. The molecule has 3 atom stereocenters. The molecule has 0 aromatic heterocycles. The fourth-order valence-electron chi connectivity index (χ4n) is 5.35. The molecule has 0 saturated heterocycles. The van der Waals surface area contributed by atoms with E-state index in [4.69, 9.17) is 9.26 Å². The topological polar surface area (TPSA) is 192 Å². The van der Waals surface area contributed by atoms with Gasteiger partial charge < -0.3 is 39.8 Å². The highest BCUT2D eigenvalue weighted by Gasteiger charge is 2.35. The van der Waals surface area contributed by atoms with Crippen molar-refractivity contribution in [2.45, 2.75) is 110 Å². The Balaban J connectivity index is 2.35. The Morgan fingerprint density at radius 2 is 1.67 bits per heavy atom. The van der Waals surface area contributed by atoms with E-state index < -0.39 is 50.3 Å². The predicted molar refractivity (Wildman–Crippen MR) is 192 cm³/mol. The van der Waals surface area contributed by atoms with E-state index in [0.717, 1.165) is 24.2 Å². The number of hydrogen-bond acceptors (Lipinski definition) is 9. The summed E-state index contributed by atoms with van der Waals surface area (Å²) in [4.78, 5) is 86.7. The van der Waals surface area contributed by atoms with Gasteiger partial charge in [0.25, 0.3) is 0 Å². The number of ether oxygens (including phenoxy) is 1. The summed E-state index contributed by atoms with van der Waals surface area (Å²) in [5.41, 5.74) is 1.02. The first-order valence-electron chi connectivity index (χ1n) is 17.6. The molecule has 1 aliphatic heterocycles. The molecule has 4 N–H and O–H groups in total. The molecule has 1 aromatic carbocycles. The molecule has 15 heteroatoms. The first-order chi connectivity index (χ1) is 24.1. The van der Waals surface area contributed by atoms with Gasteiger partial charge in [-0.05, 0) is 56.0 Å². The quantitative estimate of drug-likeness (QED) is 0.0407. The summed E-state index contributed by atoms with van der Waals surface area (Å²) in [6.45, 7) is 6.68. The maximum atomic E-state index is 14.1. The Labute approximate surface area is 301 Å². The van der Waals surface area contributed by atoms with Gasteiger partial charge in [0.1, 0.15) is 30.3 Å². The summed E-state index contributed by atoms with van der Waals surface area (Å²) in [6, 6.07) is 4.07. The van der Waals surface area contributed by atoms with E-state index >= 15 is 0 Å². The minimum atomic E-state index is -5.04. The minimum Gasteiger partial charge on any atom is -0.423 e. The number of Topliss-reactive ketones (excluding diaryl/α,β-unsaturated/α-hetero) is 1. The van der Waals surface area contributed by atoms with Crippen LogP contribution < -0.4 is 15.4 Å². The van der Waals surface area contributed by atoms with Gasteiger partial charge in [0.15, 0.2) is 0 Å². The molecule has 0 saturated carbocycles. The van der Waals surface area contributed by atoms with Crippen LogP contribution in [0.3, 0.4) is 0 Å². The van der Waals surface area contributed by atoms with Crippen molar-refractivity contribution in [3.05, 3.63) is 53.9 Å². The van der Waals surface area contributed by atoms with Crippen LogP contribution in [-0.2, 0) is 39.5 Å². The predicted octanol–water partition coefficient (Wildman–Crippen LogP) is 4.51. The molecule has 2 rings (SSSR count). The fraction of sp³-hybridized carbons (Fsp3) is 0.583. The summed E-state index contributed by atoms with van der Waals surface area (Å²) >= 11 is 0. The van der Waals surface area contributed by atoms with Crippen molar-refractivity contribution in [3.63, 3.8) is 0 Å². The summed E-state index contributed by atoms with van der Waals surface area (Å²) in [6.07, 6.45) is 10.9. The van der Waals surface area contributed by atoms with Crippen LogP contribution in [0.1, 0.15) is 97.5 Å². The van der Waals surface area contributed by atoms with Gasteiger partial charge >= 0.3 is 13.8 Å². The number of hydrogen-bond donors (Lipinski definition) is 4. The number of amides is 3. The number of esters is 1. The second-order valence-electron chi connectivity index (χ2n) is 12.9. The van der Waals surface area contributed by atoms with Gasteiger partial charge in [-0.2, -0.15) is 0 Å². The highest BCUT2D eigenvalue weighted by atomic mass is 31.2. The van der Waals surface area contributed by atoms with Crippen LogP contribution in [0.4, 0.5) is 0 Å². The number of rotatable bonds is 23. The van der Waals surface area contributed by atoms with Crippen LogP contribution in [0, 0.1) is 5.92 Å². The molecule has 3 unspecified atom stereocenters. The Morgan fingerprint density at radius 3 is 2.27 bits per heavy atom. The van der Waals surface area contributed by atoms with Crippen molar-refractivity contribution in [2.24, 2.45) is 5.92 Å². The first kappa shape index (κ1) is 43.3. The average Bonchev–Trinajstić information content (AvgIpc) is 3.07. The second kappa shape index (κ2) is 22.2. The van der Waals surface area contributed by atoms with Gasteiger partial charge in [-0.3, -0.25) is 18.9 Å². The molecule has 3 amide bonds. The van der Waals surface area contributed by atoms with Crippen molar-refractivity contribution in [1.29, 1.82) is 0 Å². The molecule has 0 aliphatic carbocycles. The van der Waals surface area contributed by atoms with Gasteiger partial charge in [0.05, 0.1) is 5.57 Å². The molecule has 284 valence electrons. The molecule has 1 heterocycles. The van der Waals surface area contributed by atoms with E-state index in [1.807, 2.05) is 33.0 Å². The van der Waals surface area contributed by atoms with E-state index in [0.29, 0.717) is 56.2 Å². The normalized spacial score (nSPS) is 14.6.